The highest BCUT2D eigenvalue weighted by molar-refractivity contribution is 4.98. The normalized spacial score (nSPS) is 34.1. The Hall–Kier alpha value is -0.590. The Morgan fingerprint density at radius 2 is 1.93 bits per heavy atom. The molecule has 2 unspecified atom stereocenters. The van der Waals surface area contributed by atoms with Crippen LogP contribution in [0.2, 0.25) is 0 Å². The first-order chi connectivity index (χ1) is 7.35. The van der Waals surface area contributed by atoms with Gasteiger partial charge in [-0.1, -0.05) is 6.42 Å². The summed E-state index contributed by atoms with van der Waals surface area (Å²) >= 11 is 0. The first-order valence-electron chi connectivity index (χ1n) is 6.01. The Morgan fingerprint density at radius 3 is 2.53 bits per heavy atom. The molecule has 1 heterocycles. The number of hydrogen-bond donors (Lipinski definition) is 0. The number of nitriles is 1. The lowest BCUT2D eigenvalue weighted by atomic mass is 9.99. The number of nitrogens with zero attached hydrogens (tertiary/aromatic N) is 2. The Morgan fingerprint density at radius 1 is 1.20 bits per heavy atom. The molecular weight excluding hydrogens is 188 g/mol. The number of ether oxygens (including phenoxy) is 1. The molecule has 0 bridgehead atoms. The second-order valence-corrected chi connectivity index (χ2v) is 4.70. The summed E-state index contributed by atoms with van der Waals surface area (Å²) in [5, 5.41) is 9.06. The number of methoxy groups -OCH3 is 1. The number of likely N-dealkylation sites (tertiary alicyclic amines) is 1. The van der Waals surface area contributed by atoms with Crippen molar-refractivity contribution in [3.63, 3.8) is 0 Å². The molecule has 1 saturated carbocycles. The zero-order valence-corrected chi connectivity index (χ0v) is 9.48. The standard InChI is InChI=1S/C12H20N2O/c1-15-11-5-7-14(8-6-11)12-4-2-3-10(12)9-13/h10-12H,2-8H2,1H3. The Labute approximate surface area is 92.0 Å². The monoisotopic (exact) mass is 208 g/mol. The highest BCUT2D eigenvalue weighted by atomic mass is 16.5. The lowest BCUT2D eigenvalue weighted by Gasteiger charge is -2.36. The van der Waals surface area contributed by atoms with Crippen molar-refractivity contribution >= 4 is 0 Å². The van der Waals surface area contributed by atoms with Crippen LogP contribution < -0.4 is 0 Å². The molecule has 2 rings (SSSR count). The molecule has 2 aliphatic rings. The van der Waals surface area contributed by atoms with Crippen LogP contribution in [-0.4, -0.2) is 37.2 Å². The van der Waals surface area contributed by atoms with Crippen LogP contribution in [0.1, 0.15) is 32.1 Å². The van der Waals surface area contributed by atoms with Crippen LogP contribution >= 0.6 is 0 Å². The number of hydrogen-bond acceptors (Lipinski definition) is 3. The smallest absolute Gasteiger partial charge is 0.0672 e. The molecule has 1 aliphatic carbocycles. The van der Waals surface area contributed by atoms with Gasteiger partial charge in [0.05, 0.1) is 18.1 Å². The first kappa shape index (κ1) is 10.9. The predicted molar refractivity (Wildman–Crippen MR) is 58.3 cm³/mol. The zero-order valence-electron chi connectivity index (χ0n) is 9.48. The predicted octanol–water partition coefficient (Wildman–Crippen LogP) is 1.79. The van der Waals surface area contributed by atoms with Crippen LogP contribution in [0.15, 0.2) is 0 Å². The minimum atomic E-state index is 0.282. The zero-order chi connectivity index (χ0) is 10.7. The molecule has 1 aliphatic heterocycles. The van der Waals surface area contributed by atoms with Gasteiger partial charge >= 0.3 is 0 Å². The molecule has 84 valence electrons. The van der Waals surface area contributed by atoms with Gasteiger partial charge < -0.3 is 4.74 Å². The number of piperidine rings is 1. The van der Waals surface area contributed by atoms with Crippen molar-refractivity contribution in [3.05, 3.63) is 0 Å². The fourth-order valence-electron chi connectivity index (χ4n) is 2.97. The largest absolute Gasteiger partial charge is 0.381 e. The van der Waals surface area contributed by atoms with Gasteiger partial charge in [0, 0.05) is 26.2 Å². The topological polar surface area (TPSA) is 36.3 Å². The van der Waals surface area contributed by atoms with Crippen molar-refractivity contribution in [2.75, 3.05) is 20.2 Å². The third-order valence-electron chi connectivity index (χ3n) is 3.92. The third kappa shape index (κ3) is 2.32. The second-order valence-electron chi connectivity index (χ2n) is 4.70. The summed E-state index contributed by atoms with van der Waals surface area (Å²) in [5.41, 5.74) is 0. The molecule has 3 heteroatoms. The summed E-state index contributed by atoms with van der Waals surface area (Å²) in [4.78, 5) is 2.51. The van der Waals surface area contributed by atoms with Crippen molar-refractivity contribution < 1.29 is 4.74 Å². The Bertz CT molecular complexity index is 240. The van der Waals surface area contributed by atoms with Crippen LogP contribution in [0.4, 0.5) is 0 Å². The van der Waals surface area contributed by atoms with Gasteiger partial charge in [0.2, 0.25) is 0 Å². The average Bonchev–Trinajstić information content (AvgIpc) is 2.77. The van der Waals surface area contributed by atoms with Crippen LogP contribution in [-0.2, 0) is 4.74 Å². The maximum Gasteiger partial charge on any atom is 0.0672 e. The number of rotatable bonds is 2. The van der Waals surface area contributed by atoms with Gasteiger partial charge in [0.15, 0.2) is 0 Å². The summed E-state index contributed by atoms with van der Waals surface area (Å²) in [6, 6.07) is 3.00. The Balaban J connectivity index is 1.87. The lowest BCUT2D eigenvalue weighted by Crippen LogP contribution is -2.44. The summed E-state index contributed by atoms with van der Waals surface area (Å²) in [6.07, 6.45) is 6.26. The van der Waals surface area contributed by atoms with E-state index in [1.54, 1.807) is 7.11 Å². The molecule has 15 heavy (non-hydrogen) atoms. The molecular formula is C12H20N2O. The van der Waals surface area contributed by atoms with E-state index >= 15 is 0 Å². The van der Waals surface area contributed by atoms with E-state index in [-0.39, 0.29) is 5.92 Å². The minimum absolute atomic E-state index is 0.282. The minimum Gasteiger partial charge on any atom is -0.381 e. The molecule has 2 fully saturated rings. The van der Waals surface area contributed by atoms with Crippen molar-refractivity contribution in [2.45, 2.75) is 44.2 Å². The van der Waals surface area contributed by atoms with Crippen molar-refractivity contribution in [1.82, 2.24) is 4.90 Å². The van der Waals surface area contributed by atoms with Gasteiger partial charge in [-0.3, -0.25) is 4.90 Å². The van der Waals surface area contributed by atoms with Gasteiger partial charge in [0.25, 0.3) is 0 Å². The van der Waals surface area contributed by atoms with Crippen LogP contribution in [0.5, 0.6) is 0 Å². The van der Waals surface area contributed by atoms with E-state index < -0.39 is 0 Å². The van der Waals surface area contributed by atoms with E-state index in [1.807, 2.05) is 0 Å². The van der Waals surface area contributed by atoms with Crippen LogP contribution in [0.3, 0.4) is 0 Å². The van der Waals surface area contributed by atoms with E-state index in [4.69, 9.17) is 10.00 Å². The molecule has 0 aromatic heterocycles. The quantitative estimate of drug-likeness (QED) is 0.694. The molecule has 0 aromatic carbocycles. The molecule has 2 atom stereocenters. The molecule has 0 radical (unpaired) electrons. The van der Waals surface area contributed by atoms with Gasteiger partial charge in [-0.15, -0.1) is 0 Å². The first-order valence-corrected chi connectivity index (χ1v) is 6.01. The van der Waals surface area contributed by atoms with Crippen molar-refractivity contribution in [3.8, 4) is 6.07 Å². The third-order valence-corrected chi connectivity index (χ3v) is 3.92. The molecule has 0 N–H and O–H groups in total. The van der Waals surface area contributed by atoms with Gasteiger partial charge in [-0.05, 0) is 25.7 Å². The van der Waals surface area contributed by atoms with E-state index in [2.05, 4.69) is 11.0 Å². The van der Waals surface area contributed by atoms with E-state index in [1.165, 1.54) is 12.8 Å². The van der Waals surface area contributed by atoms with Gasteiger partial charge in [-0.25, -0.2) is 0 Å². The van der Waals surface area contributed by atoms with Gasteiger partial charge in [-0.2, -0.15) is 5.26 Å². The molecule has 0 spiro atoms. The summed E-state index contributed by atoms with van der Waals surface area (Å²) < 4.78 is 5.36. The lowest BCUT2D eigenvalue weighted by molar-refractivity contribution is 0.0243. The van der Waals surface area contributed by atoms with E-state index in [0.29, 0.717) is 12.1 Å². The summed E-state index contributed by atoms with van der Waals surface area (Å²) in [7, 11) is 1.80. The summed E-state index contributed by atoms with van der Waals surface area (Å²) in [6.45, 7) is 2.22. The molecule has 0 amide bonds. The average molecular weight is 208 g/mol. The highest BCUT2D eigenvalue weighted by Crippen LogP contribution is 2.31. The molecule has 3 nitrogen and oxygen atoms in total. The Kier molecular flexibility index (Phi) is 3.61. The van der Waals surface area contributed by atoms with Gasteiger partial charge in [0.1, 0.15) is 0 Å². The van der Waals surface area contributed by atoms with E-state index in [9.17, 15) is 0 Å². The van der Waals surface area contributed by atoms with E-state index in [0.717, 1.165) is 32.4 Å². The summed E-state index contributed by atoms with van der Waals surface area (Å²) in [5.74, 6) is 0.282. The molecule has 0 aromatic rings. The van der Waals surface area contributed by atoms with Crippen molar-refractivity contribution in [1.29, 1.82) is 5.26 Å². The maximum absolute atomic E-state index is 9.06. The van der Waals surface area contributed by atoms with Crippen LogP contribution in [0.25, 0.3) is 0 Å². The maximum atomic E-state index is 9.06. The fourth-order valence-corrected chi connectivity index (χ4v) is 2.97. The second kappa shape index (κ2) is 4.96. The van der Waals surface area contributed by atoms with Crippen molar-refractivity contribution in [2.24, 2.45) is 5.92 Å². The fraction of sp³-hybridized carbons (Fsp3) is 0.917. The highest BCUT2D eigenvalue weighted by Gasteiger charge is 2.33. The van der Waals surface area contributed by atoms with Crippen LogP contribution in [0, 0.1) is 17.2 Å². The molecule has 1 saturated heterocycles. The SMILES string of the molecule is COC1CCN(C2CCCC2C#N)CC1.